The number of urea groups is 1. The Bertz CT molecular complexity index is 605. The van der Waals surface area contributed by atoms with Crippen LogP contribution in [0.3, 0.4) is 0 Å². The average Bonchev–Trinajstić information content (AvgIpc) is 3.09. The maximum atomic E-state index is 12.2. The van der Waals surface area contributed by atoms with Gasteiger partial charge in [-0.2, -0.15) is 0 Å². The summed E-state index contributed by atoms with van der Waals surface area (Å²) in [7, 11) is 0. The van der Waals surface area contributed by atoms with E-state index in [0.29, 0.717) is 19.5 Å². The molecule has 2 fully saturated rings. The first-order valence-electron chi connectivity index (χ1n) is 10.2. The lowest BCUT2D eigenvalue weighted by Gasteiger charge is -2.20. The fourth-order valence-corrected chi connectivity index (χ4v) is 3.66. The number of hydrogen-bond acceptors (Lipinski definition) is 4. The van der Waals surface area contributed by atoms with E-state index in [1.54, 1.807) is 0 Å². The Morgan fingerprint density at radius 2 is 1.63 bits per heavy atom. The third-order valence-corrected chi connectivity index (χ3v) is 5.28. The van der Waals surface area contributed by atoms with Gasteiger partial charge >= 0.3 is 6.03 Å². The normalized spacial score (nSPS) is 17.5. The number of pyridine rings is 1. The van der Waals surface area contributed by atoms with Crippen LogP contribution in [0.5, 0.6) is 0 Å². The van der Waals surface area contributed by atoms with Crippen molar-refractivity contribution in [2.45, 2.75) is 51.5 Å². The van der Waals surface area contributed by atoms with E-state index in [1.807, 2.05) is 23.2 Å². The molecule has 1 aromatic rings. The minimum Gasteiger partial charge on any atom is -0.357 e. The van der Waals surface area contributed by atoms with Gasteiger partial charge in [0.05, 0.1) is 0 Å². The Hall–Kier alpha value is -2.31. The monoisotopic (exact) mass is 373 g/mol. The van der Waals surface area contributed by atoms with E-state index in [4.69, 9.17) is 0 Å². The van der Waals surface area contributed by atoms with Gasteiger partial charge in [-0.3, -0.25) is 4.79 Å². The van der Waals surface area contributed by atoms with E-state index in [1.165, 1.54) is 25.7 Å². The quantitative estimate of drug-likeness (QED) is 0.802. The second kappa shape index (κ2) is 10.1. The molecule has 2 N–H and O–H groups in total. The third-order valence-electron chi connectivity index (χ3n) is 5.28. The van der Waals surface area contributed by atoms with Gasteiger partial charge < -0.3 is 20.4 Å². The van der Waals surface area contributed by atoms with Crippen molar-refractivity contribution in [1.82, 2.24) is 20.5 Å². The number of nitrogens with one attached hydrogen (secondary N) is 2. The zero-order chi connectivity index (χ0) is 18.9. The highest BCUT2D eigenvalue weighted by atomic mass is 16.2. The molecule has 3 amide bonds. The first-order chi connectivity index (χ1) is 13.2. The Morgan fingerprint density at radius 1 is 0.926 bits per heavy atom. The molecule has 3 rings (SSSR count). The van der Waals surface area contributed by atoms with Gasteiger partial charge in [-0.25, -0.2) is 9.78 Å². The SMILES string of the molecule is O=C(NCCC(=O)N1CCCCCC1)NCc1ccc(N2CCCC2)nc1. The van der Waals surface area contributed by atoms with Crippen LogP contribution in [0.25, 0.3) is 0 Å². The van der Waals surface area contributed by atoms with Crippen LogP contribution < -0.4 is 15.5 Å². The lowest BCUT2D eigenvalue weighted by atomic mass is 10.2. The van der Waals surface area contributed by atoms with Gasteiger partial charge in [0.2, 0.25) is 5.91 Å². The molecule has 2 saturated heterocycles. The Balaban J connectivity index is 1.32. The average molecular weight is 374 g/mol. The minimum atomic E-state index is -0.248. The maximum absolute atomic E-state index is 12.2. The summed E-state index contributed by atoms with van der Waals surface area (Å²) in [6, 6.07) is 3.77. The fraction of sp³-hybridized carbons (Fsp3) is 0.650. The van der Waals surface area contributed by atoms with Crippen molar-refractivity contribution in [3.05, 3.63) is 23.9 Å². The van der Waals surface area contributed by atoms with Gasteiger partial charge in [-0.05, 0) is 37.3 Å². The van der Waals surface area contributed by atoms with E-state index in [9.17, 15) is 9.59 Å². The molecule has 1 aromatic heterocycles. The number of likely N-dealkylation sites (tertiary alicyclic amines) is 1. The molecule has 148 valence electrons. The van der Waals surface area contributed by atoms with Crippen LogP contribution in [0.15, 0.2) is 18.3 Å². The maximum Gasteiger partial charge on any atom is 0.315 e. The van der Waals surface area contributed by atoms with Crippen LogP contribution in [-0.2, 0) is 11.3 Å². The summed E-state index contributed by atoms with van der Waals surface area (Å²) in [5, 5.41) is 5.59. The highest BCUT2D eigenvalue weighted by Crippen LogP contribution is 2.17. The second-order valence-electron chi connectivity index (χ2n) is 7.37. The van der Waals surface area contributed by atoms with Crippen molar-refractivity contribution in [2.75, 3.05) is 37.6 Å². The lowest BCUT2D eigenvalue weighted by Crippen LogP contribution is -2.38. The van der Waals surface area contributed by atoms with E-state index in [2.05, 4.69) is 20.5 Å². The molecule has 7 nitrogen and oxygen atoms in total. The fourth-order valence-electron chi connectivity index (χ4n) is 3.66. The van der Waals surface area contributed by atoms with Crippen molar-refractivity contribution in [2.24, 2.45) is 0 Å². The van der Waals surface area contributed by atoms with Gasteiger partial charge in [0.15, 0.2) is 0 Å². The number of nitrogens with zero attached hydrogens (tertiary/aromatic N) is 3. The molecule has 2 aliphatic heterocycles. The summed E-state index contributed by atoms with van der Waals surface area (Å²) < 4.78 is 0. The lowest BCUT2D eigenvalue weighted by molar-refractivity contribution is -0.131. The first-order valence-corrected chi connectivity index (χ1v) is 10.2. The summed E-state index contributed by atoms with van der Waals surface area (Å²) in [4.78, 5) is 32.8. The molecular weight excluding hydrogens is 342 g/mol. The smallest absolute Gasteiger partial charge is 0.315 e. The van der Waals surface area contributed by atoms with E-state index in [-0.39, 0.29) is 11.9 Å². The van der Waals surface area contributed by atoms with Crippen LogP contribution in [0.2, 0.25) is 0 Å². The van der Waals surface area contributed by atoms with Crippen molar-refractivity contribution >= 4 is 17.8 Å². The second-order valence-corrected chi connectivity index (χ2v) is 7.37. The van der Waals surface area contributed by atoms with Gasteiger partial charge in [-0.1, -0.05) is 18.9 Å². The van der Waals surface area contributed by atoms with Gasteiger partial charge in [0.1, 0.15) is 5.82 Å². The van der Waals surface area contributed by atoms with Crippen molar-refractivity contribution in [3.8, 4) is 0 Å². The summed E-state index contributed by atoms with van der Waals surface area (Å²) >= 11 is 0. The number of rotatable bonds is 6. The number of hydrogen-bond donors (Lipinski definition) is 2. The zero-order valence-electron chi connectivity index (χ0n) is 16.1. The summed E-state index contributed by atoms with van der Waals surface area (Å²) in [5.74, 6) is 1.15. The van der Waals surface area contributed by atoms with Crippen LogP contribution in [0.4, 0.5) is 10.6 Å². The van der Waals surface area contributed by atoms with Crippen molar-refractivity contribution < 1.29 is 9.59 Å². The highest BCUT2D eigenvalue weighted by molar-refractivity contribution is 5.78. The molecule has 0 bridgehead atoms. The highest BCUT2D eigenvalue weighted by Gasteiger charge is 2.15. The molecule has 0 spiro atoms. The van der Waals surface area contributed by atoms with Crippen LogP contribution in [-0.4, -0.2) is 54.5 Å². The summed E-state index contributed by atoms with van der Waals surface area (Å²) in [5.41, 5.74) is 0.966. The molecule has 0 radical (unpaired) electrons. The zero-order valence-corrected chi connectivity index (χ0v) is 16.1. The van der Waals surface area contributed by atoms with Crippen molar-refractivity contribution in [3.63, 3.8) is 0 Å². The third kappa shape index (κ3) is 6.12. The molecule has 3 heterocycles. The number of anilines is 1. The molecule has 7 heteroatoms. The van der Waals surface area contributed by atoms with Crippen molar-refractivity contribution in [1.29, 1.82) is 0 Å². The van der Waals surface area contributed by atoms with Gasteiger partial charge in [-0.15, -0.1) is 0 Å². The van der Waals surface area contributed by atoms with E-state index >= 15 is 0 Å². The van der Waals surface area contributed by atoms with Crippen LogP contribution in [0, 0.1) is 0 Å². The number of carbonyl (C=O) groups is 2. The van der Waals surface area contributed by atoms with E-state index < -0.39 is 0 Å². The molecular formula is C20H31N5O2. The number of amides is 3. The van der Waals surface area contributed by atoms with Gasteiger partial charge in [0, 0.05) is 51.9 Å². The molecule has 2 aliphatic rings. The Kier molecular flexibility index (Phi) is 7.30. The van der Waals surface area contributed by atoms with E-state index in [0.717, 1.165) is 50.4 Å². The number of aromatic nitrogens is 1. The van der Waals surface area contributed by atoms with Gasteiger partial charge in [0.25, 0.3) is 0 Å². The summed E-state index contributed by atoms with van der Waals surface area (Å²) in [6.07, 6.45) is 9.22. The molecule has 0 atom stereocenters. The summed E-state index contributed by atoms with van der Waals surface area (Å²) in [6.45, 7) is 4.65. The largest absolute Gasteiger partial charge is 0.357 e. The molecule has 0 aromatic carbocycles. The van der Waals surface area contributed by atoms with Crippen LogP contribution >= 0.6 is 0 Å². The molecule has 0 aliphatic carbocycles. The minimum absolute atomic E-state index is 0.138. The molecule has 0 saturated carbocycles. The predicted octanol–water partition coefficient (Wildman–Crippen LogP) is 2.27. The topological polar surface area (TPSA) is 77.6 Å². The van der Waals surface area contributed by atoms with Crippen LogP contribution in [0.1, 0.15) is 50.5 Å². The molecule has 27 heavy (non-hydrogen) atoms. The Morgan fingerprint density at radius 3 is 2.30 bits per heavy atom. The molecule has 0 unspecified atom stereocenters. The standard InChI is InChI=1S/C20H31N5O2/c26-19(25-13-3-1-2-4-14-25)9-10-21-20(27)23-16-17-7-8-18(22-15-17)24-11-5-6-12-24/h7-8,15H,1-6,9-14,16H2,(H2,21,23,27). The predicted molar refractivity (Wildman–Crippen MR) is 106 cm³/mol. The first kappa shape index (κ1) is 19.5. The Labute approximate surface area is 161 Å². The number of carbonyl (C=O) groups excluding carboxylic acids is 2.